The van der Waals surface area contributed by atoms with Crippen LogP contribution < -0.4 is 11.1 Å². The number of aromatic nitrogens is 2. The summed E-state index contributed by atoms with van der Waals surface area (Å²) in [5, 5.41) is 12.2. The second kappa shape index (κ2) is 6.87. The largest absolute Gasteiger partial charge is 0.374 e. The first-order valence-corrected chi connectivity index (χ1v) is 8.47. The van der Waals surface area contributed by atoms with Gasteiger partial charge in [-0.25, -0.2) is 0 Å². The number of benzene rings is 1. The van der Waals surface area contributed by atoms with Gasteiger partial charge in [-0.05, 0) is 24.3 Å². The van der Waals surface area contributed by atoms with Gasteiger partial charge in [-0.1, -0.05) is 54.5 Å². The molecule has 1 aromatic carbocycles. The van der Waals surface area contributed by atoms with Crippen molar-refractivity contribution < 1.29 is 4.79 Å². The maximum Gasteiger partial charge on any atom is 0.221 e. The molecule has 0 spiro atoms. The maximum absolute atomic E-state index is 12.4. The summed E-state index contributed by atoms with van der Waals surface area (Å²) in [4.78, 5) is 12.4. The second-order valence-corrected chi connectivity index (χ2v) is 6.79. The molecule has 0 radical (unpaired) electrons. The van der Waals surface area contributed by atoms with E-state index < -0.39 is 0 Å². The first-order valence-electron chi connectivity index (χ1n) is 7.65. The van der Waals surface area contributed by atoms with E-state index in [4.69, 9.17) is 5.73 Å². The molecule has 1 aliphatic rings. The van der Waals surface area contributed by atoms with Crippen LogP contribution in [0.25, 0.3) is 0 Å². The fourth-order valence-corrected chi connectivity index (χ4v) is 3.68. The predicted octanol–water partition coefficient (Wildman–Crippen LogP) is 2.91. The van der Waals surface area contributed by atoms with Crippen LogP contribution in [0.3, 0.4) is 0 Å². The van der Waals surface area contributed by atoms with Gasteiger partial charge in [0.1, 0.15) is 11.0 Å². The standard InChI is InChI=1S/C16H20N4OS/c17-16-20-19-15(22-16)14(12-8-2-1-3-9-12)18-13(21)10-11-6-4-5-7-11/h1-3,8-9,11,14H,4-7,10H2,(H2,17,20)(H,18,21). The number of nitrogens with two attached hydrogens (primary N) is 1. The smallest absolute Gasteiger partial charge is 0.221 e. The summed E-state index contributed by atoms with van der Waals surface area (Å²) in [6.45, 7) is 0. The average molecular weight is 316 g/mol. The molecule has 6 heteroatoms. The second-order valence-electron chi connectivity index (χ2n) is 5.74. The molecule has 1 aliphatic carbocycles. The van der Waals surface area contributed by atoms with Gasteiger partial charge in [-0.15, -0.1) is 10.2 Å². The van der Waals surface area contributed by atoms with Crippen LogP contribution in [0.1, 0.15) is 48.7 Å². The Morgan fingerprint density at radius 2 is 2.00 bits per heavy atom. The molecular weight excluding hydrogens is 296 g/mol. The topological polar surface area (TPSA) is 80.9 Å². The number of amides is 1. The van der Waals surface area contributed by atoms with Crippen molar-refractivity contribution in [2.24, 2.45) is 5.92 Å². The maximum atomic E-state index is 12.4. The van der Waals surface area contributed by atoms with Gasteiger partial charge in [-0.2, -0.15) is 0 Å². The quantitative estimate of drug-likeness (QED) is 0.888. The Bertz CT molecular complexity index is 622. The monoisotopic (exact) mass is 316 g/mol. The van der Waals surface area contributed by atoms with Crippen molar-refractivity contribution in [1.29, 1.82) is 0 Å². The van der Waals surface area contributed by atoms with Crippen LogP contribution in [0, 0.1) is 5.92 Å². The van der Waals surface area contributed by atoms with Crippen molar-refractivity contribution in [3.05, 3.63) is 40.9 Å². The van der Waals surface area contributed by atoms with E-state index in [-0.39, 0.29) is 11.9 Å². The fraction of sp³-hybridized carbons (Fsp3) is 0.438. The number of nitrogen functional groups attached to an aromatic ring is 1. The molecule has 2 aromatic rings. The Morgan fingerprint density at radius 1 is 1.27 bits per heavy atom. The highest BCUT2D eigenvalue weighted by atomic mass is 32.1. The number of carbonyl (C=O) groups is 1. The number of carbonyl (C=O) groups excluding carboxylic acids is 1. The fourth-order valence-electron chi connectivity index (χ4n) is 2.99. The third kappa shape index (κ3) is 3.62. The van der Waals surface area contributed by atoms with Crippen molar-refractivity contribution in [2.75, 3.05) is 5.73 Å². The van der Waals surface area contributed by atoms with Gasteiger partial charge in [0, 0.05) is 6.42 Å². The highest BCUT2D eigenvalue weighted by molar-refractivity contribution is 7.15. The Morgan fingerprint density at radius 3 is 2.64 bits per heavy atom. The number of nitrogens with zero attached hydrogens (tertiary/aromatic N) is 2. The molecular formula is C16H20N4OS. The zero-order chi connectivity index (χ0) is 15.4. The van der Waals surface area contributed by atoms with Crippen LogP contribution in [0.15, 0.2) is 30.3 Å². The van der Waals surface area contributed by atoms with Gasteiger partial charge >= 0.3 is 0 Å². The van der Waals surface area contributed by atoms with E-state index in [1.807, 2.05) is 30.3 Å². The van der Waals surface area contributed by atoms with Crippen LogP contribution in [-0.2, 0) is 4.79 Å². The molecule has 3 N–H and O–H groups in total. The highest BCUT2D eigenvalue weighted by Gasteiger charge is 2.24. The first-order chi connectivity index (χ1) is 10.7. The highest BCUT2D eigenvalue weighted by Crippen LogP contribution is 2.29. The molecule has 1 aromatic heterocycles. The van der Waals surface area contributed by atoms with Crippen LogP contribution in [0.4, 0.5) is 5.13 Å². The lowest BCUT2D eigenvalue weighted by Crippen LogP contribution is -2.30. The van der Waals surface area contributed by atoms with Crippen LogP contribution >= 0.6 is 11.3 Å². The normalized spacial score (nSPS) is 16.5. The Labute approximate surface area is 134 Å². The molecule has 0 saturated heterocycles. The molecule has 1 saturated carbocycles. The zero-order valence-corrected chi connectivity index (χ0v) is 13.2. The average Bonchev–Trinajstić information content (AvgIpc) is 3.17. The number of hydrogen-bond donors (Lipinski definition) is 2. The number of nitrogens with one attached hydrogen (secondary N) is 1. The molecule has 1 heterocycles. The van der Waals surface area contributed by atoms with Crippen molar-refractivity contribution in [3.63, 3.8) is 0 Å². The van der Waals surface area contributed by atoms with E-state index in [9.17, 15) is 4.79 Å². The lowest BCUT2D eigenvalue weighted by molar-refractivity contribution is -0.122. The third-order valence-electron chi connectivity index (χ3n) is 4.09. The number of anilines is 1. The van der Waals surface area contributed by atoms with E-state index in [0.29, 0.717) is 17.5 Å². The first kappa shape index (κ1) is 15.0. The van der Waals surface area contributed by atoms with E-state index in [0.717, 1.165) is 23.4 Å². The van der Waals surface area contributed by atoms with Gasteiger partial charge in [0.2, 0.25) is 11.0 Å². The predicted molar refractivity (Wildman–Crippen MR) is 87.3 cm³/mol. The summed E-state index contributed by atoms with van der Waals surface area (Å²) in [6.07, 6.45) is 5.40. The summed E-state index contributed by atoms with van der Waals surface area (Å²) < 4.78 is 0. The van der Waals surface area contributed by atoms with Gasteiger partial charge in [-0.3, -0.25) is 4.79 Å². The number of hydrogen-bond acceptors (Lipinski definition) is 5. The Balaban J connectivity index is 1.75. The molecule has 1 unspecified atom stereocenters. The molecule has 0 bridgehead atoms. The van der Waals surface area contributed by atoms with Crippen molar-refractivity contribution >= 4 is 22.4 Å². The molecule has 1 fully saturated rings. The van der Waals surface area contributed by atoms with Gasteiger partial charge in [0.25, 0.3) is 0 Å². The van der Waals surface area contributed by atoms with Gasteiger partial charge in [0.05, 0.1) is 0 Å². The summed E-state index contributed by atoms with van der Waals surface area (Å²) in [6, 6.07) is 9.56. The van der Waals surface area contributed by atoms with Gasteiger partial charge < -0.3 is 11.1 Å². The lowest BCUT2D eigenvalue weighted by atomic mass is 10.0. The third-order valence-corrected chi connectivity index (χ3v) is 4.91. The molecule has 5 nitrogen and oxygen atoms in total. The van der Waals surface area contributed by atoms with Crippen LogP contribution in [0.2, 0.25) is 0 Å². The molecule has 3 rings (SSSR count). The van der Waals surface area contributed by atoms with Crippen molar-refractivity contribution in [2.45, 2.75) is 38.1 Å². The molecule has 0 aliphatic heterocycles. The zero-order valence-electron chi connectivity index (χ0n) is 12.4. The summed E-state index contributed by atoms with van der Waals surface area (Å²) in [7, 11) is 0. The van der Waals surface area contributed by atoms with E-state index in [2.05, 4.69) is 15.5 Å². The minimum atomic E-state index is -0.273. The van der Waals surface area contributed by atoms with Crippen molar-refractivity contribution in [3.8, 4) is 0 Å². The van der Waals surface area contributed by atoms with E-state index >= 15 is 0 Å². The summed E-state index contributed by atoms with van der Waals surface area (Å²) >= 11 is 1.32. The summed E-state index contributed by atoms with van der Waals surface area (Å²) in [5.41, 5.74) is 6.69. The Hall–Kier alpha value is -1.95. The molecule has 22 heavy (non-hydrogen) atoms. The van der Waals surface area contributed by atoms with E-state index in [1.54, 1.807) is 0 Å². The van der Waals surface area contributed by atoms with Crippen LogP contribution in [-0.4, -0.2) is 16.1 Å². The SMILES string of the molecule is Nc1nnc(C(NC(=O)CC2CCCC2)c2ccccc2)s1. The summed E-state index contributed by atoms with van der Waals surface area (Å²) in [5.74, 6) is 0.602. The van der Waals surface area contributed by atoms with Crippen molar-refractivity contribution in [1.82, 2.24) is 15.5 Å². The van der Waals surface area contributed by atoms with E-state index in [1.165, 1.54) is 24.2 Å². The Kier molecular flexibility index (Phi) is 4.68. The van der Waals surface area contributed by atoms with Gasteiger partial charge in [0.15, 0.2) is 0 Å². The molecule has 1 amide bonds. The molecule has 1 atom stereocenters. The minimum Gasteiger partial charge on any atom is -0.374 e. The minimum absolute atomic E-state index is 0.0783. The number of rotatable bonds is 5. The molecule has 116 valence electrons. The van der Waals surface area contributed by atoms with Crippen LogP contribution in [0.5, 0.6) is 0 Å². The lowest BCUT2D eigenvalue weighted by Gasteiger charge is -2.18.